The lowest BCUT2D eigenvalue weighted by molar-refractivity contribution is -0.114. The van der Waals surface area contributed by atoms with Crippen LogP contribution in [-0.4, -0.2) is 31.9 Å². The van der Waals surface area contributed by atoms with Crippen LogP contribution in [0, 0.1) is 6.92 Å². The van der Waals surface area contributed by atoms with Crippen LogP contribution in [0.1, 0.15) is 37.9 Å². The van der Waals surface area contributed by atoms with Gasteiger partial charge in [-0.3, -0.25) is 14.7 Å². The molecule has 3 rings (SSSR count). The van der Waals surface area contributed by atoms with Gasteiger partial charge >= 0.3 is 0 Å². The molecule has 2 heterocycles. The number of aromatic amines is 1. The van der Waals surface area contributed by atoms with Gasteiger partial charge in [-0.1, -0.05) is 18.5 Å². The number of halogens is 1. The summed E-state index contributed by atoms with van der Waals surface area (Å²) < 4.78 is 0. The van der Waals surface area contributed by atoms with Crippen molar-refractivity contribution in [3.05, 3.63) is 46.9 Å². The number of aryl methyl sites for hydroxylation is 1. The molecule has 152 valence electrons. The van der Waals surface area contributed by atoms with Gasteiger partial charge in [0.2, 0.25) is 5.91 Å². The molecule has 0 radical (unpaired) electrons. The number of hydrogen-bond acceptors (Lipinski definition) is 7. The topological polar surface area (TPSA) is 125 Å². The van der Waals surface area contributed by atoms with E-state index in [1.165, 1.54) is 13.1 Å². The maximum absolute atomic E-state index is 12.3. The largest absolute Gasteiger partial charge is 0.338 e. The highest BCUT2D eigenvalue weighted by Gasteiger charge is 2.16. The number of carbonyl (C=O) groups is 2. The van der Waals surface area contributed by atoms with Gasteiger partial charge in [-0.2, -0.15) is 5.10 Å². The van der Waals surface area contributed by atoms with E-state index < -0.39 is 0 Å². The van der Waals surface area contributed by atoms with Gasteiger partial charge in [0.1, 0.15) is 5.69 Å². The molecule has 0 unspecified atom stereocenters. The van der Waals surface area contributed by atoms with E-state index in [0.717, 1.165) is 5.69 Å². The van der Waals surface area contributed by atoms with Crippen molar-refractivity contribution in [3.8, 4) is 0 Å². The summed E-state index contributed by atoms with van der Waals surface area (Å²) in [5.74, 6) is 0.883. The van der Waals surface area contributed by atoms with Crippen molar-refractivity contribution in [2.24, 2.45) is 0 Å². The van der Waals surface area contributed by atoms with Crippen LogP contribution in [0.4, 0.5) is 28.8 Å². The third-order valence-corrected chi connectivity index (χ3v) is 4.19. The van der Waals surface area contributed by atoms with Crippen LogP contribution in [0.3, 0.4) is 0 Å². The molecule has 4 N–H and O–H groups in total. The van der Waals surface area contributed by atoms with Crippen molar-refractivity contribution >= 4 is 52.1 Å². The fourth-order valence-electron chi connectivity index (χ4n) is 2.55. The fraction of sp³-hybridized carbons (Fsp3) is 0.211. The first-order valence-corrected chi connectivity index (χ1v) is 9.27. The van der Waals surface area contributed by atoms with Gasteiger partial charge in [-0.05, 0) is 25.1 Å². The van der Waals surface area contributed by atoms with Gasteiger partial charge in [0.25, 0.3) is 0 Å². The lowest BCUT2D eigenvalue weighted by Crippen LogP contribution is -2.10. The average Bonchev–Trinajstić information content (AvgIpc) is 3.08. The first-order valence-electron chi connectivity index (χ1n) is 8.89. The molecule has 0 bridgehead atoms. The summed E-state index contributed by atoms with van der Waals surface area (Å²) in [6.07, 6.45) is 1.76. The third-order valence-electron chi connectivity index (χ3n) is 3.86. The number of ketones is 1. The molecular formula is C19H22ClN7O2. The van der Waals surface area contributed by atoms with E-state index in [1.54, 1.807) is 25.1 Å². The normalized spacial score (nSPS) is 10.5. The van der Waals surface area contributed by atoms with E-state index in [0.29, 0.717) is 28.0 Å². The number of aromatic nitrogens is 4. The summed E-state index contributed by atoms with van der Waals surface area (Å²) in [5, 5.41) is 16.1. The van der Waals surface area contributed by atoms with Crippen molar-refractivity contribution in [1.82, 2.24) is 20.2 Å². The van der Waals surface area contributed by atoms with Crippen LogP contribution in [0.25, 0.3) is 0 Å². The lowest BCUT2D eigenvalue weighted by atomic mass is 10.2. The van der Waals surface area contributed by atoms with Crippen LogP contribution in [0.2, 0.25) is 5.02 Å². The minimum Gasteiger partial charge on any atom is -0.338 e. The van der Waals surface area contributed by atoms with Crippen molar-refractivity contribution in [1.29, 1.82) is 0 Å². The smallest absolute Gasteiger partial charge is 0.221 e. The molecule has 0 aliphatic heterocycles. The highest BCUT2D eigenvalue weighted by atomic mass is 35.5. The number of benzene rings is 1. The number of rotatable bonds is 7. The minimum absolute atomic E-state index is 0. The Balaban J connectivity index is 0.00000320. The number of hydrogen-bond donors (Lipinski definition) is 4. The van der Waals surface area contributed by atoms with Crippen LogP contribution in [0.15, 0.2) is 30.5 Å². The molecule has 0 saturated carbocycles. The maximum atomic E-state index is 12.3. The monoisotopic (exact) mass is 415 g/mol. The molecule has 0 atom stereocenters. The average molecular weight is 416 g/mol. The molecule has 3 aromatic rings. The van der Waals surface area contributed by atoms with Crippen molar-refractivity contribution in [2.45, 2.75) is 27.2 Å². The van der Waals surface area contributed by atoms with E-state index in [9.17, 15) is 9.59 Å². The van der Waals surface area contributed by atoms with E-state index >= 15 is 0 Å². The summed E-state index contributed by atoms with van der Waals surface area (Å²) in [4.78, 5) is 32.4. The third kappa shape index (κ3) is 5.08. The lowest BCUT2D eigenvalue weighted by Gasteiger charge is -2.13. The number of anilines is 5. The highest BCUT2D eigenvalue weighted by molar-refractivity contribution is 6.33. The Morgan fingerprint density at radius 1 is 1.21 bits per heavy atom. The predicted octanol–water partition coefficient (Wildman–Crippen LogP) is 4.45. The summed E-state index contributed by atoms with van der Waals surface area (Å²) in [5.41, 5.74) is 2.14. The predicted molar refractivity (Wildman–Crippen MR) is 114 cm³/mol. The van der Waals surface area contributed by atoms with E-state index in [2.05, 4.69) is 36.1 Å². The molecule has 10 heteroatoms. The Labute approximate surface area is 173 Å². The van der Waals surface area contributed by atoms with Gasteiger partial charge in [-0.15, -0.1) is 0 Å². The first-order chi connectivity index (χ1) is 13.9. The van der Waals surface area contributed by atoms with E-state index in [4.69, 9.17) is 11.6 Å². The molecule has 0 aliphatic carbocycles. The molecule has 0 aliphatic rings. The molecule has 29 heavy (non-hydrogen) atoms. The standard InChI is InChI=1S/C19H20ClN7O2.H2/c1-4-15(29)18-19(23-12-5-6-13(20)14(8-12)22-11(3)28)25-17(9-21-18)24-16-7-10(2)26-27-16;/h5-9H,4H2,1-3H3,(H,22,28)(H3,23,24,25,26,27);1H. The number of nitrogens with one attached hydrogen (secondary N) is 4. The molecule has 1 aromatic carbocycles. The summed E-state index contributed by atoms with van der Waals surface area (Å²) >= 11 is 6.12. The number of nitrogens with zero attached hydrogens (tertiary/aromatic N) is 3. The van der Waals surface area contributed by atoms with Crippen molar-refractivity contribution in [3.63, 3.8) is 0 Å². The molecule has 0 fully saturated rings. The zero-order valence-corrected chi connectivity index (χ0v) is 16.9. The summed E-state index contributed by atoms with van der Waals surface area (Å²) in [6.45, 7) is 5.03. The number of amides is 1. The minimum atomic E-state index is -0.244. The van der Waals surface area contributed by atoms with Gasteiger partial charge in [-0.25, -0.2) is 9.97 Å². The summed E-state index contributed by atoms with van der Waals surface area (Å²) in [6, 6.07) is 6.83. The highest BCUT2D eigenvalue weighted by Crippen LogP contribution is 2.28. The fourth-order valence-corrected chi connectivity index (χ4v) is 2.71. The number of carbonyl (C=O) groups excluding carboxylic acids is 2. The SMILES string of the molecule is CCC(=O)c1ncc(Nc2cc(C)[nH]n2)nc1Nc1ccc(Cl)c(NC(C)=O)c1.[HH]. The molecule has 9 nitrogen and oxygen atoms in total. The molecule has 0 saturated heterocycles. The van der Waals surface area contributed by atoms with Crippen molar-refractivity contribution in [2.75, 3.05) is 16.0 Å². The van der Waals surface area contributed by atoms with E-state index in [-0.39, 0.29) is 31.0 Å². The second-order valence-electron chi connectivity index (χ2n) is 6.29. The Hall–Kier alpha value is -3.46. The van der Waals surface area contributed by atoms with Gasteiger partial charge in [0.05, 0.1) is 16.9 Å². The maximum Gasteiger partial charge on any atom is 0.221 e. The van der Waals surface area contributed by atoms with Crippen LogP contribution >= 0.6 is 11.6 Å². The second kappa shape index (κ2) is 8.70. The van der Waals surface area contributed by atoms with Crippen molar-refractivity contribution < 1.29 is 11.0 Å². The summed E-state index contributed by atoms with van der Waals surface area (Å²) in [7, 11) is 0. The van der Waals surface area contributed by atoms with Crippen LogP contribution in [-0.2, 0) is 4.79 Å². The Bertz CT molecular complexity index is 1070. The molecular weight excluding hydrogens is 394 g/mol. The zero-order chi connectivity index (χ0) is 21.0. The van der Waals surface area contributed by atoms with Gasteiger partial charge in [0, 0.05) is 32.2 Å². The quantitative estimate of drug-likeness (QED) is 0.420. The van der Waals surface area contributed by atoms with Gasteiger partial charge in [0.15, 0.2) is 23.2 Å². The molecule has 2 aromatic heterocycles. The van der Waals surface area contributed by atoms with Gasteiger partial charge < -0.3 is 16.0 Å². The van der Waals surface area contributed by atoms with Crippen LogP contribution in [0.5, 0.6) is 0 Å². The molecule has 0 spiro atoms. The Morgan fingerprint density at radius 2 is 2.00 bits per heavy atom. The molecule has 1 amide bonds. The Kier molecular flexibility index (Phi) is 6.08. The van der Waals surface area contributed by atoms with Crippen LogP contribution < -0.4 is 16.0 Å². The number of H-pyrrole nitrogens is 1. The zero-order valence-electron chi connectivity index (χ0n) is 16.1. The second-order valence-corrected chi connectivity index (χ2v) is 6.70. The first kappa shape index (κ1) is 20.3. The Morgan fingerprint density at radius 3 is 2.66 bits per heavy atom. The number of Topliss-reactive ketones (excluding diaryl/α,β-unsaturated/α-hetero) is 1. The van der Waals surface area contributed by atoms with E-state index in [1.807, 2.05) is 13.0 Å².